The smallest absolute Gasteiger partial charge is 0.338 e. The van der Waals surface area contributed by atoms with Crippen molar-refractivity contribution in [3.8, 4) is 5.75 Å². The first-order valence-electron chi connectivity index (χ1n) is 8.43. The molecule has 0 bridgehead atoms. The Kier molecular flexibility index (Phi) is 5.98. The fraction of sp³-hybridized carbons (Fsp3) is 0.143. The van der Waals surface area contributed by atoms with Crippen LogP contribution in [0, 0.1) is 0 Å². The fourth-order valence-electron chi connectivity index (χ4n) is 2.48. The van der Waals surface area contributed by atoms with Crippen LogP contribution in [-0.4, -0.2) is 25.6 Å². The molecule has 138 valence electrons. The van der Waals surface area contributed by atoms with Crippen LogP contribution >= 0.6 is 11.8 Å². The van der Waals surface area contributed by atoms with Crippen LogP contribution in [0.1, 0.15) is 22.8 Å². The Balaban J connectivity index is 1.74. The van der Waals surface area contributed by atoms with E-state index in [1.165, 1.54) is 11.8 Å². The Labute approximate surface area is 162 Å². The summed E-state index contributed by atoms with van der Waals surface area (Å²) in [6.45, 7) is 2.06. The van der Waals surface area contributed by atoms with Gasteiger partial charge >= 0.3 is 5.97 Å². The molecular weight excluding hydrogens is 362 g/mol. The van der Waals surface area contributed by atoms with Crippen LogP contribution in [-0.2, 0) is 9.53 Å². The number of amides is 1. The molecule has 0 unspecified atom stereocenters. The number of nitrogens with one attached hydrogen (secondary N) is 1. The third-order valence-electron chi connectivity index (χ3n) is 3.83. The van der Waals surface area contributed by atoms with Gasteiger partial charge in [0.05, 0.1) is 29.9 Å². The zero-order valence-corrected chi connectivity index (χ0v) is 15.8. The zero-order chi connectivity index (χ0) is 19.2. The van der Waals surface area contributed by atoms with Crippen LogP contribution in [0.5, 0.6) is 5.75 Å². The van der Waals surface area contributed by atoms with Gasteiger partial charge in [0.1, 0.15) is 5.75 Å². The summed E-state index contributed by atoms with van der Waals surface area (Å²) < 4.78 is 10.1. The second-order valence-corrected chi connectivity index (χ2v) is 6.73. The SMILES string of the molecule is CCOC(=O)c1ccc2c(c1)NC(=O)/C(=C\C=C\c1ccc(OC)cc1)S2. The van der Waals surface area contributed by atoms with E-state index in [0.717, 1.165) is 16.2 Å². The van der Waals surface area contributed by atoms with Crippen molar-refractivity contribution in [2.24, 2.45) is 0 Å². The molecule has 27 heavy (non-hydrogen) atoms. The standard InChI is InChI=1S/C21H19NO4S/c1-3-26-21(24)15-9-12-18-17(13-15)22-20(23)19(27-18)6-4-5-14-7-10-16(25-2)11-8-14/h4-13H,3H2,1-2H3,(H,22,23)/b5-4+,19-6+. The third-order valence-corrected chi connectivity index (χ3v) is 4.95. The Bertz CT molecular complexity index is 916. The molecule has 1 aliphatic rings. The summed E-state index contributed by atoms with van der Waals surface area (Å²) in [5.41, 5.74) is 2.04. The topological polar surface area (TPSA) is 64.6 Å². The van der Waals surface area contributed by atoms with Gasteiger partial charge in [-0.25, -0.2) is 4.79 Å². The number of anilines is 1. The van der Waals surface area contributed by atoms with Crippen molar-refractivity contribution >= 4 is 35.4 Å². The minimum atomic E-state index is -0.400. The molecule has 1 aliphatic heterocycles. The van der Waals surface area contributed by atoms with Crippen molar-refractivity contribution in [3.05, 3.63) is 70.6 Å². The molecule has 0 saturated heterocycles. The van der Waals surface area contributed by atoms with Crippen LogP contribution in [0.25, 0.3) is 6.08 Å². The summed E-state index contributed by atoms with van der Waals surface area (Å²) in [4.78, 5) is 25.6. The van der Waals surface area contributed by atoms with E-state index >= 15 is 0 Å². The molecule has 0 radical (unpaired) electrons. The summed E-state index contributed by atoms with van der Waals surface area (Å²) in [5.74, 6) is 0.197. The van der Waals surface area contributed by atoms with Crippen molar-refractivity contribution in [3.63, 3.8) is 0 Å². The molecule has 0 spiro atoms. The van der Waals surface area contributed by atoms with Crippen LogP contribution < -0.4 is 10.1 Å². The van der Waals surface area contributed by atoms with Gasteiger partial charge in [-0.15, -0.1) is 0 Å². The molecule has 0 atom stereocenters. The molecule has 1 N–H and O–H groups in total. The highest BCUT2D eigenvalue weighted by Gasteiger charge is 2.22. The second-order valence-electron chi connectivity index (χ2n) is 5.65. The van der Waals surface area contributed by atoms with Crippen molar-refractivity contribution in [1.29, 1.82) is 0 Å². The molecule has 1 amide bonds. The van der Waals surface area contributed by atoms with E-state index in [-0.39, 0.29) is 5.91 Å². The van der Waals surface area contributed by atoms with E-state index in [0.29, 0.717) is 22.8 Å². The van der Waals surface area contributed by atoms with E-state index in [2.05, 4.69) is 5.32 Å². The maximum Gasteiger partial charge on any atom is 0.338 e. The molecule has 0 aromatic heterocycles. The van der Waals surface area contributed by atoms with Crippen molar-refractivity contribution in [2.45, 2.75) is 11.8 Å². The highest BCUT2D eigenvalue weighted by molar-refractivity contribution is 8.04. The van der Waals surface area contributed by atoms with Crippen LogP contribution in [0.2, 0.25) is 0 Å². The van der Waals surface area contributed by atoms with Gasteiger partial charge in [0.15, 0.2) is 0 Å². The summed E-state index contributed by atoms with van der Waals surface area (Å²) in [6.07, 6.45) is 5.52. The Morgan fingerprint density at radius 3 is 2.67 bits per heavy atom. The minimum Gasteiger partial charge on any atom is -0.497 e. The highest BCUT2D eigenvalue weighted by atomic mass is 32.2. The number of allylic oxidation sites excluding steroid dienone is 2. The fourth-order valence-corrected chi connectivity index (χ4v) is 3.36. The quantitative estimate of drug-likeness (QED) is 0.610. The van der Waals surface area contributed by atoms with Gasteiger partial charge in [-0.2, -0.15) is 0 Å². The van der Waals surface area contributed by atoms with Gasteiger partial charge in [-0.05, 0) is 48.9 Å². The molecular formula is C21H19NO4S. The average molecular weight is 381 g/mol. The van der Waals surface area contributed by atoms with Gasteiger partial charge in [0.2, 0.25) is 0 Å². The van der Waals surface area contributed by atoms with E-state index in [1.54, 1.807) is 32.2 Å². The van der Waals surface area contributed by atoms with Crippen molar-refractivity contribution in [2.75, 3.05) is 19.0 Å². The predicted molar refractivity (Wildman–Crippen MR) is 107 cm³/mol. The first kappa shape index (κ1) is 18.8. The van der Waals surface area contributed by atoms with Crippen molar-refractivity contribution in [1.82, 2.24) is 0 Å². The van der Waals surface area contributed by atoms with E-state index in [4.69, 9.17) is 9.47 Å². The number of hydrogen-bond donors (Lipinski definition) is 1. The average Bonchev–Trinajstić information content (AvgIpc) is 2.68. The molecule has 1 heterocycles. The van der Waals surface area contributed by atoms with Gasteiger partial charge in [0, 0.05) is 4.90 Å². The van der Waals surface area contributed by atoms with Gasteiger partial charge < -0.3 is 14.8 Å². The lowest BCUT2D eigenvalue weighted by Crippen LogP contribution is -2.18. The van der Waals surface area contributed by atoms with Gasteiger partial charge in [-0.1, -0.05) is 36.0 Å². The Hall–Kier alpha value is -2.99. The number of thioether (sulfide) groups is 1. The largest absolute Gasteiger partial charge is 0.497 e. The highest BCUT2D eigenvalue weighted by Crippen LogP contribution is 2.38. The lowest BCUT2D eigenvalue weighted by Gasteiger charge is -2.18. The summed E-state index contributed by atoms with van der Waals surface area (Å²) in [7, 11) is 1.63. The van der Waals surface area contributed by atoms with Crippen LogP contribution in [0.3, 0.4) is 0 Å². The number of methoxy groups -OCH3 is 1. The molecule has 0 saturated carbocycles. The summed E-state index contributed by atoms with van der Waals surface area (Å²) in [6, 6.07) is 12.8. The van der Waals surface area contributed by atoms with Crippen LogP contribution in [0.4, 0.5) is 5.69 Å². The van der Waals surface area contributed by atoms with E-state index < -0.39 is 5.97 Å². The Morgan fingerprint density at radius 1 is 1.19 bits per heavy atom. The first-order valence-corrected chi connectivity index (χ1v) is 9.25. The molecule has 2 aromatic rings. The molecule has 6 heteroatoms. The summed E-state index contributed by atoms with van der Waals surface area (Å²) in [5, 5.41) is 2.82. The van der Waals surface area contributed by atoms with E-state index in [1.807, 2.05) is 42.5 Å². The number of ether oxygens (including phenoxy) is 2. The number of carbonyl (C=O) groups is 2. The van der Waals surface area contributed by atoms with Gasteiger partial charge in [-0.3, -0.25) is 4.79 Å². The molecule has 2 aromatic carbocycles. The predicted octanol–water partition coefficient (Wildman–Crippen LogP) is 4.51. The molecule has 3 rings (SSSR count). The lowest BCUT2D eigenvalue weighted by atomic mass is 10.2. The van der Waals surface area contributed by atoms with E-state index in [9.17, 15) is 9.59 Å². The van der Waals surface area contributed by atoms with Crippen LogP contribution in [0.15, 0.2) is 64.4 Å². The first-order chi connectivity index (χ1) is 13.1. The Morgan fingerprint density at radius 2 is 1.96 bits per heavy atom. The monoisotopic (exact) mass is 381 g/mol. The number of carbonyl (C=O) groups excluding carboxylic acids is 2. The summed E-state index contributed by atoms with van der Waals surface area (Å²) >= 11 is 1.37. The van der Waals surface area contributed by atoms with Gasteiger partial charge in [0.25, 0.3) is 5.91 Å². The molecule has 0 aliphatic carbocycles. The maximum absolute atomic E-state index is 12.3. The molecule has 0 fully saturated rings. The zero-order valence-electron chi connectivity index (χ0n) is 15.0. The third kappa shape index (κ3) is 4.60. The number of fused-ring (bicyclic) bond motifs is 1. The lowest BCUT2D eigenvalue weighted by molar-refractivity contribution is -0.112. The number of esters is 1. The maximum atomic E-state index is 12.3. The molecule has 5 nitrogen and oxygen atoms in total. The number of hydrogen-bond acceptors (Lipinski definition) is 5. The minimum absolute atomic E-state index is 0.201. The normalized spacial score (nSPS) is 14.7. The van der Waals surface area contributed by atoms with Crippen molar-refractivity contribution < 1.29 is 19.1 Å². The number of benzene rings is 2. The second kappa shape index (κ2) is 8.60. The number of rotatable bonds is 5.